The molecule has 1 saturated heterocycles. The van der Waals surface area contributed by atoms with Gasteiger partial charge in [0, 0.05) is 20.0 Å². The largest absolute Gasteiger partial charge is 0.466 e. The Morgan fingerprint density at radius 1 is 1.15 bits per heavy atom. The van der Waals surface area contributed by atoms with E-state index in [1.165, 1.54) is 6.92 Å². The first-order chi connectivity index (χ1) is 15.8. The fourth-order valence-electron chi connectivity index (χ4n) is 3.70. The molecule has 0 bridgehead atoms. The van der Waals surface area contributed by atoms with Crippen LogP contribution in [0, 0.1) is 0 Å². The first kappa shape index (κ1) is 27.0. The number of hydrogen-bond acceptors (Lipinski definition) is 7. The van der Waals surface area contributed by atoms with E-state index in [1.807, 2.05) is 56.3 Å². The summed E-state index contributed by atoms with van der Waals surface area (Å²) in [4.78, 5) is 23.3. The van der Waals surface area contributed by atoms with Crippen molar-refractivity contribution in [1.29, 1.82) is 0 Å². The van der Waals surface area contributed by atoms with Crippen LogP contribution in [-0.4, -0.2) is 49.3 Å². The van der Waals surface area contributed by atoms with Gasteiger partial charge in [0.2, 0.25) is 0 Å². The third kappa shape index (κ3) is 11.0. The zero-order valence-electron chi connectivity index (χ0n) is 20.3. The maximum atomic E-state index is 11.7. The smallest absolute Gasteiger partial charge is 0.305 e. The average molecular weight is 463 g/mol. The number of benzene rings is 1. The number of carbonyl (C=O) groups is 2. The topological polar surface area (TPSA) is 80.3 Å². The highest BCUT2D eigenvalue weighted by Gasteiger charge is 2.40. The van der Waals surface area contributed by atoms with Crippen LogP contribution in [0.25, 0.3) is 0 Å². The van der Waals surface area contributed by atoms with Crippen molar-refractivity contribution in [1.82, 2.24) is 0 Å². The minimum Gasteiger partial charge on any atom is -0.466 e. The summed E-state index contributed by atoms with van der Waals surface area (Å²) in [5.74, 6) is -1.32. The quantitative estimate of drug-likeness (QED) is 0.225. The number of rotatable bonds is 14. The van der Waals surface area contributed by atoms with Gasteiger partial charge in [-0.3, -0.25) is 9.59 Å². The molecular weight excluding hydrogens is 424 g/mol. The third-order valence-corrected chi connectivity index (χ3v) is 5.13. The van der Waals surface area contributed by atoms with E-state index in [0.29, 0.717) is 32.7 Å². The summed E-state index contributed by atoms with van der Waals surface area (Å²) in [7, 11) is 0. The highest BCUT2D eigenvalue weighted by atomic mass is 16.7. The molecule has 0 saturated carbocycles. The predicted molar refractivity (Wildman–Crippen MR) is 124 cm³/mol. The normalized spacial score (nSPS) is 20.6. The molecule has 1 fully saturated rings. The van der Waals surface area contributed by atoms with Gasteiger partial charge in [-0.25, -0.2) is 0 Å². The number of hydrogen-bond donors (Lipinski definition) is 0. The van der Waals surface area contributed by atoms with Crippen LogP contribution in [0.4, 0.5) is 0 Å². The van der Waals surface area contributed by atoms with Crippen molar-refractivity contribution in [3.05, 3.63) is 48.0 Å². The minimum atomic E-state index is -0.749. The van der Waals surface area contributed by atoms with Gasteiger partial charge < -0.3 is 23.7 Å². The molecule has 1 aromatic carbocycles. The van der Waals surface area contributed by atoms with Crippen molar-refractivity contribution in [2.24, 2.45) is 0 Å². The Labute approximate surface area is 197 Å². The first-order valence-corrected chi connectivity index (χ1v) is 11.8. The first-order valence-electron chi connectivity index (χ1n) is 11.8. The minimum absolute atomic E-state index is 0.249. The molecule has 2 rings (SSSR count). The van der Waals surface area contributed by atoms with Crippen molar-refractivity contribution >= 4 is 11.9 Å². The Balaban J connectivity index is 1.81. The van der Waals surface area contributed by atoms with E-state index in [1.54, 1.807) is 6.92 Å². The lowest BCUT2D eigenvalue weighted by Gasteiger charge is -2.16. The number of carbonyl (C=O) groups excluding carboxylic acids is 2. The van der Waals surface area contributed by atoms with E-state index < -0.39 is 5.79 Å². The van der Waals surface area contributed by atoms with Gasteiger partial charge in [0.1, 0.15) is 12.2 Å². The monoisotopic (exact) mass is 462 g/mol. The summed E-state index contributed by atoms with van der Waals surface area (Å²) < 4.78 is 28.1. The second-order valence-corrected chi connectivity index (χ2v) is 8.55. The molecule has 0 aliphatic carbocycles. The SMILES string of the molecule is CCOC(=O)CC[C@@H]1OC(C)(C)O[C@H]1C=C[C@H](CCCCOCc1ccccc1)OC(C)=O. The lowest BCUT2D eigenvalue weighted by molar-refractivity contribution is -0.149. The molecule has 0 aromatic heterocycles. The Bertz CT molecular complexity index is 744. The van der Waals surface area contributed by atoms with Crippen molar-refractivity contribution < 1.29 is 33.3 Å². The van der Waals surface area contributed by atoms with E-state index in [4.69, 9.17) is 23.7 Å². The highest BCUT2D eigenvalue weighted by molar-refractivity contribution is 5.69. The Morgan fingerprint density at radius 3 is 2.61 bits per heavy atom. The molecule has 0 radical (unpaired) electrons. The molecule has 0 amide bonds. The van der Waals surface area contributed by atoms with Gasteiger partial charge in [-0.15, -0.1) is 0 Å². The number of unbranched alkanes of at least 4 members (excludes halogenated alkanes) is 1. The van der Waals surface area contributed by atoms with E-state index in [9.17, 15) is 9.59 Å². The van der Waals surface area contributed by atoms with Gasteiger partial charge in [-0.1, -0.05) is 36.4 Å². The summed E-state index contributed by atoms with van der Waals surface area (Å²) in [6.07, 6.45) is 5.96. The molecule has 0 unspecified atom stereocenters. The molecule has 7 heteroatoms. The van der Waals surface area contributed by atoms with Gasteiger partial charge in [0.25, 0.3) is 0 Å². The van der Waals surface area contributed by atoms with Gasteiger partial charge in [-0.05, 0) is 58.1 Å². The summed E-state index contributed by atoms with van der Waals surface area (Å²) in [6.45, 7) is 8.48. The zero-order chi connectivity index (χ0) is 24.1. The predicted octanol–water partition coefficient (Wildman–Crippen LogP) is 4.72. The molecule has 184 valence electrons. The molecule has 7 nitrogen and oxygen atoms in total. The van der Waals surface area contributed by atoms with Crippen LogP contribution in [0.5, 0.6) is 0 Å². The summed E-state index contributed by atoms with van der Waals surface area (Å²) in [5, 5.41) is 0. The molecule has 1 aliphatic heterocycles. The Kier molecular flexibility index (Phi) is 11.6. The van der Waals surface area contributed by atoms with Crippen LogP contribution in [0.15, 0.2) is 42.5 Å². The van der Waals surface area contributed by atoms with Crippen molar-refractivity contribution in [2.45, 2.75) is 90.5 Å². The van der Waals surface area contributed by atoms with Crippen LogP contribution in [0.2, 0.25) is 0 Å². The van der Waals surface area contributed by atoms with Crippen LogP contribution in [0.1, 0.15) is 65.4 Å². The van der Waals surface area contributed by atoms with E-state index in [2.05, 4.69) is 0 Å². The number of ether oxygens (including phenoxy) is 5. The van der Waals surface area contributed by atoms with Gasteiger partial charge in [0.05, 0.1) is 19.3 Å². The fourth-order valence-corrected chi connectivity index (χ4v) is 3.70. The number of esters is 2. The molecule has 1 heterocycles. The molecule has 0 N–H and O–H groups in total. The van der Waals surface area contributed by atoms with Crippen molar-refractivity contribution in [3.8, 4) is 0 Å². The molecule has 1 aromatic rings. The van der Waals surface area contributed by atoms with E-state index >= 15 is 0 Å². The molecule has 1 aliphatic rings. The molecule has 33 heavy (non-hydrogen) atoms. The van der Waals surface area contributed by atoms with Crippen LogP contribution in [-0.2, 0) is 39.9 Å². The highest BCUT2D eigenvalue weighted by Crippen LogP contribution is 2.31. The van der Waals surface area contributed by atoms with Crippen molar-refractivity contribution in [3.63, 3.8) is 0 Å². The van der Waals surface area contributed by atoms with Crippen molar-refractivity contribution in [2.75, 3.05) is 13.2 Å². The summed E-state index contributed by atoms with van der Waals surface area (Å²) in [6, 6.07) is 10.1. The van der Waals surface area contributed by atoms with Crippen LogP contribution < -0.4 is 0 Å². The van der Waals surface area contributed by atoms with Gasteiger partial charge in [-0.2, -0.15) is 0 Å². The lowest BCUT2D eigenvalue weighted by Crippen LogP contribution is -2.23. The Morgan fingerprint density at radius 2 is 1.91 bits per heavy atom. The maximum Gasteiger partial charge on any atom is 0.305 e. The maximum absolute atomic E-state index is 11.7. The fraction of sp³-hybridized carbons (Fsp3) is 0.615. The van der Waals surface area contributed by atoms with E-state index in [-0.39, 0.29) is 36.7 Å². The standard InChI is InChI=1S/C26H38O7/c1-5-30-25(28)17-16-24-23(32-26(3,4)33-24)15-14-22(31-20(2)27)13-9-10-18-29-19-21-11-7-6-8-12-21/h6-8,11-12,14-15,22-24H,5,9-10,13,16-19H2,1-4H3/t22-,23-,24-/m0/s1. The second kappa shape index (κ2) is 14.1. The molecule has 0 spiro atoms. The van der Waals surface area contributed by atoms with Crippen LogP contribution in [0.3, 0.4) is 0 Å². The second-order valence-electron chi connectivity index (χ2n) is 8.55. The Hall–Kier alpha value is -2.22. The molecular formula is C26H38O7. The zero-order valence-corrected chi connectivity index (χ0v) is 20.3. The summed E-state index contributed by atoms with van der Waals surface area (Å²) >= 11 is 0. The van der Waals surface area contributed by atoms with Crippen LogP contribution >= 0.6 is 0 Å². The third-order valence-electron chi connectivity index (χ3n) is 5.13. The van der Waals surface area contributed by atoms with Gasteiger partial charge >= 0.3 is 11.9 Å². The molecule has 3 atom stereocenters. The van der Waals surface area contributed by atoms with Gasteiger partial charge in [0.15, 0.2) is 5.79 Å². The average Bonchev–Trinajstić information content (AvgIpc) is 3.07. The summed E-state index contributed by atoms with van der Waals surface area (Å²) in [5.41, 5.74) is 1.15. The van der Waals surface area contributed by atoms with E-state index in [0.717, 1.165) is 18.4 Å². The lowest BCUT2D eigenvalue weighted by atomic mass is 10.1.